The average molecular weight is 338 g/mol. The molecule has 1 aliphatic heterocycles. The van der Waals surface area contributed by atoms with Gasteiger partial charge in [0.2, 0.25) is 0 Å². The highest BCUT2D eigenvalue weighted by atomic mass is 16.6. The number of carbonyl (C=O) groups excluding carboxylic acids is 1. The van der Waals surface area contributed by atoms with Crippen LogP contribution < -0.4 is 0 Å². The van der Waals surface area contributed by atoms with Gasteiger partial charge in [-0.1, -0.05) is 51.7 Å². The summed E-state index contributed by atoms with van der Waals surface area (Å²) < 4.78 is 5.19. The highest BCUT2D eigenvalue weighted by molar-refractivity contribution is 5.91. The number of hydrogen-bond donors (Lipinski definition) is 2. The standard InChI is InChI=1S/C19H30O5/c1-4-5-6-7-8-13(2)11-14(3)18(22)16-12-15(19(23)24-16)9-10-17(20)21/h9,11,13,16,18,22H,4-8,10,12H2,1-3H3,(H,20,21)/b14-11+,15-9-/t13?,16-,18+/m1/s1. The van der Waals surface area contributed by atoms with Crippen LogP contribution in [0.2, 0.25) is 0 Å². The molecular formula is C19H30O5. The number of aliphatic hydroxyl groups excluding tert-OH is 1. The molecule has 1 aliphatic rings. The van der Waals surface area contributed by atoms with E-state index >= 15 is 0 Å². The number of carboxylic acids is 1. The van der Waals surface area contributed by atoms with Crippen LogP contribution in [0.5, 0.6) is 0 Å². The van der Waals surface area contributed by atoms with Crippen molar-refractivity contribution in [3.63, 3.8) is 0 Å². The molecule has 0 bridgehead atoms. The quantitative estimate of drug-likeness (QED) is 0.275. The number of allylic oxidation sites excluding steroid dienone is 1. The lowest BCUT2D eigenvalue weighted by molar-refractivity contribution is -0.142. The molecule has 24 heavy (non-hydrogen) atoms. The number of unbranched alkanes of at least 4 members (excludes halogenated alkanes) is 3. The first-order valence-corrected chi connectivity index (χ1v) is 8.83. The Morgan fingerprint density at radius 2 is 2.08 bits per heavy atom. The van der Waals surface area contributed by atoms with Gasteiger partial charge in [0, 0.05) is 12.0 Å². The van der Waals surface area contributed by atoms with Crippen molar-refractivity contribution in [3.05, 3.63) is 23.3 Å². The molecule has 5 nitrogen and oxygen atoms in total. The van der Waals surface area contributed by atoms with Gasteiger partial charge in [0.15, 0.2) is 0 Å². The zero-order valence-electron chi connectivity index (χ0n) is 15.0. The molecule has 1 saturated heterocycles. The third-order valence-electron chi connectivity index (χ3n) is 4.34. The van der Waals surface area contributed by atoms with Crippen molar-refractivity contribution in [2.45, 2.75) is 77.9 Å². The predicted molar refractivity (Wildman–Crippen MR) is 92.5 cm³/mol. The Labute approximate surface area is 144 Å². The summed E-state index contributed by atoms with van der Waals surface area (Å²) in [6, 6.07) is 0. The molecule has 0 aliphatic carbocycles. The van der Waals surface area contributed by atoms with E-state index in [9.17, 15) is 14.7 Å². The fourth-order valence-corrected chi connectivity index (χ4v) is 2.93. The van der Waals surface area contributed by atoms with Crippen LogP contribution >= 0.6 is 0 Å². The molecule has 0 aromatic heterocycles. The normalized spacial score (nSPS) is 22.5. The van der Waals surface area contributed by atoms with Gasteiger partial charge in [-0.3, -0.25) is 4.79 Å². The Morgan fingerprint density at radius 1 is 1.38 bits per heavy atom. The Morgan fingerprint density at radius 3 is 2.71 bits per heavy atom. The van der Waals surface area contributed by atoms with Crippen molar-refractivity contribution in [3.8, 4) is 0 Å². The van der Waals surface area contributed by atoms with Crippen LogP contribution in [0.1, 0.15) is 65.7 Å². The first-order valence-electron chi connectivity index (χ1n) is 8.83. The first-order chi connectivity index (χ1) is 11.3. The second-order valence-electron chi connectivity index (χ2n) is 6.66. The lowest BCUT2D eigenvalue weighted by Gasteiger charge is -2.19. The molecule has 0 saturated carbocycles. The maximum absolute atomic E-state index is 11.7. The van der Waals surface area contributed by atoms with Gasteiger partial charge in [0.25, 0.3) is 0 Å². The van der Waals surface area contributed by atoms with Gasteiger partial charge in [-0.2, -0.15) is 0 Å². The molecule has 0 amide bonds. The molecule has 5 heteroatoms. The van der Waals surface area contributed by atoms with Crippen molar-refractivity contribution < 1.29 is 24.5 Å². The van der Waals surface area contributed by atoms with Gasteiger partial charge in [0.1, 0.15) is 12.2 Å². The Balaban J connectivity index is 2.54. The summed E-state index contributed by atoms with van der Waals surface area (Å²) in [7, 11) is 0. The van der Waals surface area contributed by atoms with Crippen LogP contribution in [-0.2, 0) is 14.3 Å². The van der Waals surface area contributed by atoms with Crippen LogP contribution in [-0.4, -0.2) is 34.4 Å². The van der Waals surface area contributed by atoms with E-state index < -0.39 is 24.1 Å². The maximum atomic E-state index is 11.7. The van der Waals surface area contributed by atoms with E-state index in [1.807, 2.05) is 13.0 Å². The summed E-state index contributed by atoms with van der Waals surface area (Å²) in [5.74, 6) is -1.15. The van der Waals surface area contributed by atoms with Gasteiger partial charge < -0.3 is 14.9 Å². The molecule has 2 N–H and O–H groups in total. The third-order valence-corrected chi connectivity index (χ3v) is 4.34. The smallest absolute Gasteiger partial charge is 0.334 e. The molecule has 0 radical (unpaired) electrons. The largest absolute Gasteiger partial charge is 0.481 e. The van der Waals surface area contributed by atoms with Crippen molar-refractivity contribution in [2.24, 2.45) is 5.92 Å². The Kier molecular flexibility index (Phi) is 8.76. The fraction of sp³-hybridized carbons (Fsp3) is 0.684. The topological polar surface area (TPSA) is 83.8 Å². The number of carbonyl (C=O) groups is 2. The van der Waals surface area contributed by atoms with Crippen molar-refractivity contribution in [1.82, 2.24) is 0 Å². The molecule has 1 rings (SSSR count). The SMILES string of the molecule is CCCCCCC(C)/C=C(\C)[C@H](O)[C@H]1C/C(=C/CC(=O)O)C(=O)O1. The van der Waals surface area contributed by atoms with Gasteiger partial charge >= 0.3 is 11.9 Å². The van der Waals surface area contributed by atoms with Crippen LogP contribution in [0.4, 0.5) is 0 Å². The molecule has 1 fully saturated rings. The van der Waals surface area contributed by atoms with Crippen molar-refractivity contribution in [2.75, 3.05) is 0 Å². The highest BCUT2D eigenvalue weighted by Gasteiger charge is 2.34. The van der Waals surface area contributed by atoms with E-state index in [-0.39, 0.29) is 12.8 Å². The molecule has 3 atom stereocenters. The maximum Gasteiger partial charge on any atom is 0.334 e. The fourth-order valence-electron chi connectivity index (χ4n) is 2.93. The predicted octanol–water partition coefficient (Wildman–Crippen LogP) is 3.62. The number of esters is 1. The first kappa shape index (κ1) is 20.4. The van der Waals surface area contributed by atoms with E-state index in [0.29, 0.717) is 11.5 Å². The molecule has 1 heterocycles. The number of cyclic esters (lactones) is 1. The van der Waals surface area contributed by atoms with Gasteiger partial charge in [-0.25, -0.2) is 4.79 Å². The summed E-state index contributed by atoms with van der Waals surface area (Å²) in [4.78, 5) is 22.3. The van der Waals surface area contributed by atoms with E-state index in [2.05, 4.69) is 13.8 Å². The summed E-state index contributed by atoms with van der Waals surface area (Å²) >= 11 is 0. The third kappa shape index (κ3) is 6.87. The van der Waals surface area contributed by atoms with Crippen LogP contribution in [0.15, 0.2) is 23.3 Å². The second kappa shape index (κ2) is 10.3. The molecule has 0 spiro atoms. The zero-order valence-corrected chi connectivity index (χ0v) is 15.0. The summed E-state index contributed by atoms with van der Waals surface area (Å²) in [5.41, 5.74) is 1.14. The van der Waals surface area contributed by atoms with E-state index in [1.54, 1.807) is 0 Å². The lowest BCUT2D eigenvalue weighted by Crippen LogP contribution is -2.27. The molecule has 0 aromatic carbocycles. The number of hydrogen-bond acceptors (Lipinski definition) is 4. The summed E-state index contributed by atoms with van der Waals surface area (Å²) in [5, 5.41) is 19.1. The average Bonchev–Trinajstić information content (AvgIpc) is 2.89. The van der Waals surface area contributed by atoms with Crippen molar-refractivity contribution in [1.29, 1.82) is 0 Å². The van der Waals surface area contributed by atoms with E-state index in [0.717, 1.165) is 12.0 Å². The van der Waals surface area contributed by atoms with Crippen LogP contribution in [0.3, 0.4) is 0 Å². The lowest BCUT2D eigenvalue weighted by atomic mass is 9.95. The summed E-state index contributed by atoms with van der Waals surface area (Å²) in [6.45, 7) is 6.16. The number of aliphatic carboxylic acids is 1. The number of aliphatic hydroxyl groups is 1. The number of rotatable bonds is 10. The number of carboxylic acid groups (broad SMARTS) is 1. The minimum absolute atomic E-state index is 0.211. The van der Waals surface area contributed by atoms with Gasteiger partial charge in [-0.05, 0) is 24.8 Å². The van der Waals surface area contributed by atoms with Gasteiger partial charge in [-0.15, -0.1) is 0 Å². The molecule has 136 valence electrons. The minimum Gasteiger partial charge on any atom is -0.481 e. The Hall–Kier alpha value is -1.62. The zero-order chi connectivity index (χ0) is 18.1. The molecule has 0 aromatic rings. The van der Waals surface area contributed by atoms with E-state index in [4.69, 9.17) is 9.84 Å². The van der Waals surface area contributed by atoms with Crippen LogP contribution in [0.25, 0.3) is 0 Å². The van der Waals surface area contributed by atoms with Crippen LogP contribution in [0, 0.1) is 5.92 Å². The molecular weight excluding hydrogens is 308 g/mol. The minimum atomic E-state index is -0.993. The van der Waals surface area contributed by atoms with Crippen molar-refractivity contribution >= 4 is 11.9 Å². The monoisotopic (exact) mass is 338 g/mol. The summed E-state index contributed by atoms with van der Waals surface area (Å²) in [6.07, 6.45) is 7.94. The molecule has 1 unspecified atom stereocenters. The van der Waals surface area contributed by atoms with E-state index in [1.165, 1.54) is 31.8 Å². The second-order valence-corrected chi connectivity index (χ2v) is 6.66. The van der Waals surface area contributed by atoms with Gasteiger partial charge in [0.05, 0.1) is 6.42 Å². The Bertz CT molecular complexity index is 492. The number of ether oxygens (including phenoxy) is 1. The highest BCUT2D eigenvalue weighted by Crippen LogP contribution is 2.27.